The van der Waals surface area contributed by atoms with E-state index in [2.05, 4.69) is 20.4 Å². The summed E-state index contributed by atoms with van der Waals surface area (Å²) in [6.07, 6.45) is 2.91. The Kier molecular flexibility index (Phi) is 5.05. The van der Waals surface area contributed by atoms with E-state index in [9.17, 15) is 4.79 Å². The van der Waals surface area contributed by atoms with E-state index in [0.717, 1.165) is 16.3 Å². The van der Waals surface area contributed by atoms with E-state index in [-0.39, 0.29) is 5.91 Å². The number of para-hydroxylation sites is 1. The second-order valence-electron chi connectivity index (χ2n) is 5.70. The highest BCUT2D eigenvalue weighted by atomic mass is 35.5. The lowest BCUT2D eigenvalue weighted by Crippen LogP contribution is -2.14. The average molecular weight is 412 g/mol. The molecule has 7 nitrogen and oxygen atoms in total. The predicted molar refractivity (Wildman–Crippen MR) is 108 cm³/mol. The van der Waals surface area contributed by atoms with Crippen LogP contribution in [0.25, 0.3) is 16.3 Å². The van der Waals surface area contributed by atoms with Crippen LogP contribution >= 0.6 is 22.9 Å². The summed E-state index contributed by atoms with van der Waals surface area (Å²) < 4.78 is 6.66. The molecule has 0 unspecified atom stereocenters. The minimum Gasteiger partial charge on any atom is -0.497 e. The Morgan fingerprint density at radius 1 is 1.21 bits per heavy atom. The zero-order valence-electron chi connectivity index (χ0n) is 14.7. The van der Waals surface area contributed by atoms with Crippen molar-refractivity contribution in [3.8, 4) is 22.0 Å². The molecule has 140 valence electrons. The number of carbonyl (C=O) groups excluding carboxylic acids is 1. The van der Waals surface area contributed by atoms with Gasteiger partial charge in [0, 0.05) is 10.9 Å². The third-order valence-electron chi connectivity index (χ3n) is 3.96. The number of benzene rings is 2. The number of methoxy groups -OCH3 is 1. The van der Waals surface area contributed by atoms with Crippen molar-refractivity contribution < 1.29 is 9.53 Å². The van der Waals surface area contributed by atoms with Gasteiger partial charge in [0.25, 0.3) is 5.91 Å². The van der Waals surface area contributed by atoms with Crippen molar-refractivity contribution in [2.75, 3.05) is 12.4 Å². The average Bonchev–Trinajstić information content (AvgIpc) is 3.40. The lowest BCUT2D eigenvalue weighted by Gasteiger charge is -2.11. The van der Waals surface area contributed by atoms with Gasteiger partial charge in [-0.25, -0.2) is 14.6 Å². The van der Waals surface area contributed by atoms with Crippen LogP contribution in [0.4, 0.5) is 5.69 Å². The fraction of sp³-hybridized carbons (Fsp3) is 0.0526. The van der Waals surface area contributed by atoms with Gasteiger partial charge in [0.15, 0.2) is 0 Å². The molecule has 0 saturated carbocycles. The Labute approximate surface area is 169 Å². The molecule has 28 heavy (non-hydrogen) atoms. The first-order valence-electron chi connectivity index (χ1n) is 8.20. The van der Waals surface area contributed by atoms with E-state index in [1.54, 1.807) is 30.7 Å². The highest BCUT2D eigenvalue weighted by Crippen LogP contribution is 2.29. The predicted octanol–water partition coefficient (Wildman–Crippen LogP) is 4.31. The summed E-state index contributed by atoms with van der Waals surface area (Å²) in [5.74, 6) is 0.430. The smallest absolute Gasteiger partial charge is 0.275 e. The summed E-state index contributed by atoms with van der Waals surface area (Å²) in [7, 11) is 1.62. The maximum atomic E-state index is 12.7. The van der Waals surface area contributed by atoms with Crippen LogP contribution in [-0.2, 0) is 0 Å². The van der Waals surface area contributed by atoms with Crippen LogP contribution in [0.3, 0.4) is 0 Å². The largest absolute Gasteiger partial charge is 0.497 e. The van der Waals surface area contributed by atoms with Crippen LogP contribution in [0, 0.1) is 0 Å². The molecule has 0 aliphatic heterocycles. The number of amides is 1. The quantitative estimate of drug-likeness (QED) is 0.529. The number of nitrogens with zero attached hydrogens (tertiary/aromatic N) is 4. The van der Waals surface area contributed by atoms with Crippen LogP contribution < -0.4 is 10.1 Å². The van der Waals surface area contributed by atoms with Gasteiger partial charge in [-0.3, -0.25) is 4.79 Å². The number of hydrogen-bond acceptors (Lipinski definition) is 6. The molecule has 2 aromatic heterocycles. The Balaban J connectivity index is 1.58. The summed E-state index contributed by atoms with van der Waals surface area (Å²) in [5, 5.41) is 9.85. The number of carbonyl (C=O) groups is 1. The van der Waals surface area contributed by atoms with Gasteiger partial charge in [-0.05, 0) is 36.4 Å². The summed E-state index contributed by atoms with van der Waals surface area (Å²) in [6, 6.07) is 12.7. The van der Waals surface area contributed by atoms with Crippen LogP contribution in [0.2, 0.25) is 5.02 Å². The summed E-state index contributed by atoms with van der Waals surface area (Å²) >= 11 is 7.69. The van der Waals surface area contributed by atoms with Crippen LogP contribution in [-0.4, -0.2) is 32.8 Å². The molecule has 4 aromatic rings. The highest BCUT2D eigenvalue weighted by Gasteiger charge is 2.16. The van der Waals surface area contributed by atoms with E-state index in [4.69, 9.17) is 16.3 Å². The lowest BCUT2D eigenvalue weighted by atomic mass is 10.2. The zero-order valence-corrected chi connectivity index (χ0v) is 16.2. The Bertz CT molecular complexity index is 1110. The molecule has 0 aliphatic rings. The Hall–Kier alpha value is -3.23. The van der Waals surface area contributed by atoms with Crippen LogP contribution in [0.5, 0.6) is 5.75 Å². The Morgan fingerprint density at radius 3 is 2.75 bits per heavy atom. The highest BCUT2D eigenvalue weighted by molar-refractivity contribution is 7.13. The minimum atomic E-state index is -0.334. The number of ether oxygens (including phenoxy) is 1. The standard InChI is InChI=1S/C19H14ClN5O2S/c1-27-13-7-5-12(6-8-13)19-24-16(9-28-19)18(26)23-15-4-2-3-14(20)17(15)25-11-21-10-22-25/h2-11H,1H3,(H,23,26). The normalized spacial score (nSPS) is 10.6. The molecule has 0 bridgehead atoms. The van der Waals surface area contributed by atoms with E-state index in [1.165, 1.54) is 28.7 Å². The Morgan fingerprint density at radius 2 is 2.04 bits per heavy atom. The molecule has 2 heterocycles. The van der Waals surface area contributed by atoms with Crippen molar-refractivity contribution in [2.45, 2.75) is 0 Å². The minimum absolute atomic E-state index is 0.320. The monoisotopic (exact) mass is 411 g/mol. The van der Waals surface area contributed by atoms with Crippen LogP contribution in [0.15, 0.2) is 60.5 Å². The molecule has 0 radical (unpaired) electrons. The SMILES string of the molecule is COc1ccc(-c2nc(C(=O)Nc3cccc(Cl)c3-n3cncn3)cs2)cc1. The van der Waals surface area contributed by atoms with Gasteiger partial charge in [-0.2, -0.15) is 5.10 Å². The number of halogens is 1. The first kappa shape index (κ1) is 18.1. The molecule has 0 spiro atoms. The second kappa shape index (κ2) is 7.79. The van der Waals surface area contributed by atoms with Crippen molar-refractivity contribution in [2.24, 2.45) is 0 Å². The maximum Gasteiger partial charge on any atom is 0.275 e. The van der Waals surface area contributed by atoms with Crippen molar-refractivity contribution in [3.05, 3.63) is 71.2 Å². The third-order valence-corrected chi connectivity index (χ3v) is 5.15. The van der Waals surface area contributed by atoms with Gasteiger partial charge >= 0.3 is 0 Å². The van der Waals surface area contributed by atoms with E-state index in [1.807, 2.05) is 24.3 Å². The number of hydrogen-bond donors (Lipinski definition) is 1. The molecule has 0 aliphatic carbocycles. The van der Waals surface area contributed by atoms with Crippen molar-refractivity contribution in [1.29, 1.82) is 0 Å². The molecule has 2 aromatic carbocycles. The molecule has 1 amide bonds. The van der Waals surface area contributed by atoms with Crippen molar-refractivity contribution >= 4 is 34.5 Å². The molecule has 9 heteroatoms. The fourth-order valence-electron chi connectivity index (χ4n) is 2.60. The van der Waals surface area contributed by atoms with E-state index < -0.39 is 0 Å². The molecule has 4 rings (SSSR count). The molecule has 0 atom stereocenters. The molecule has 0 fully saturated rings. The number of nitrogens with one attached hydrogen (secondary N) is 1. The van der Waals surface area contributed by atoms with Gasteiger partial charge in [-0.15, -0.1) is 11.3 Å². The lowest BCUT2D eigenvalue weighted by molar-refractivity contribution is 0.102. The van der Waals surface area contributed by atoms with Gasteiger partial charge in [0.2, 0.25) is 0 Å². The molecular weight excluding hydrogens is 398 g/mol. The van der Waals surface area contributed by atoms with Gasteiger partial charge in [-0.1, -0.05) is 17.7 Å². The second-order valence-corrected chi connectivity index (χ2v) is 6.96. The first-order chi connectivity index (χ1) is 13.7. The summed E-state index contributed by atoms with van der Waals surface area (Å²) in [6.45, 7) is 0. The van der Waals surface area contributed by atoms with Gasteiger partial charge in [0.05, 0.1) is 17.8 Å². The molecular formula is C19H14ClN5O2S. The number of aromatic nitrogens is 4. The van der Waals surface area contributed by atoms with E-state index in [0.29, 0.717) is 22.1 Å². The summed E-state index contributed by atoms with van der Waals surface area (Å²) in [4.78, 5) is 21.1. The van der Waals surface area contributed by atoms with Crippen molar-refractivity contribution in [3.63, 3.8) is 0 Å². The van der Waals surface area contributed by atoms with E-state index >= 15 is 0 Å². The topological polar surface area (TPSA) is 81.9 Å². The summed E-state index contributed by atoms with van der Waals surface area (Å²) in [5.41, 5.74) is 2.29. The molecule has 1 N–H and O–H groups in total. The van der Waals surface area contributed by atoms with Crippen molar-refractivity contribution in [1.82, 2.24) is 19.7 Å². The number of thiazole rings is 1. The molecule has 0 saturated heterocycles. The number of rotatable bonds is 5. The third kappa shape index (κ3) is 3.60. The first-order valence-corrected chi connectivity index (χ1v) is 9.46. The van der Waals surface area contributed by atoms with Gasteiger partial charge < -0.3 is 10.1 Å². The van der Waals surface area contributed by atoms with Gasteiger partial charge in [0.1, 0.15) is 34.8 Å². The maximum absolute atomic E-state index is 12.7. The number of anilines is 1. The van der Waals surface area contributed by atoms with Crippen LogP contribution in [0.1, 0.15) is 10.5 Å². The zero-order chi connectivity index (χ0) is 19.5. The fourth-order valence-corrected chi connectivity index (χ4v) is 3.67.